The van der Waals surface area contributed by atoms with Crippen molar-refractivity contribution < 1.29 is 30.5 Å². The zero-order chi connectivity index (χ0) is 16.9. The van der Waals surface area contributed by atoms with Gasteiger partial charge in [-0.2, -0.15) is 0 Å². The summed E-state index contributed by atoms with van der Waals surface area (Å²) >= 11 is 0. The van der Waals surface area contributed by atoms with Gasteiger partial charge in [0.25, 0.3) is 5.56 Å². The first-order valence-corrected chi connectivity index (χ1v) is 7.23. The molecule has 1 heterocycles. The largest absolute Gasteiger partial charge is 1.00 e. The first kappa shape index (κ1) is 23.0. The minimum Gasteiger partial charge on any atom is -1.00 e. The van der Waals surface area contributed by atoms with E-state index in [0.29, 0.717) is 0 Å². The first-order valence-electron chi connectivity index (χ1n) is 5.54. The molecule has 22 heavy (non-hydrogen) atoms. The third-order valence-electron chi connectivity index (χ3n) is 1.88. The van der Waals surface area contributed by atoms with Gasteiger partial charge in [-0.15, -0.1) is 4.73 Å². The third kappa shape index (κ3) is 12.4. The van der Waals surface area contributed by atoms with Crippen molar-refractivity contribution >= 4 is 8.16 Å². The van der Waals surface area contributed by atoms with Crippen LogP contribution in [0.4, 0.5) is 21.0 Å². The van der Waals surface area contributed by atoms with Crippen LogP contribution >= 0.6 is 8.16 Å². The van der Waals surface area contributed by atoms with Crippen LogP contribution in [0.3, 0.4) is 0 Å². The number of halogens is 6. The smallest absolute Gasteiger partial charge is 1.00 e. The molecule has 0 aromatic carbocycles. The molecular weight excluding hydrogens is 339 g/mol. The monoisotopic (exact) mass is 356 g/mol. The zero-order valence-electron chi connectivity index (χ0n) is 12.3. The van der Waals surface area contributed by atoms with Crippen molar-refractivity contribution in [2.45, 2.75) is 6.35 Å². The molecule has 0 atom stereocenters. The van der Waals surface area contributed by atoms with Crippen LogP contribution in [0.25, 0.3) is 0 Å². The number of nitrogens with zero attached hydrogens (tertiary/aromatic N) is 3. The molecule has 0 saturated carbocycles. The van der Waals surface area contributed by atoms with E-state index in [1.807, 2.05) is 38.0 Å². The van der Waals surface area contributed by atoms with Gasteiger partial charge in [0.1, 0.15) is 0 Å². The summed E-state index contributed by atoms with van der Waals surface area (Å²) in [7, 11) is -1.000. The second-order valence-electron chi connectivity index (χ2n) is 4.36. The summed E-state index contributed by atoms with van der Waals surface area (Å²) in [6.07, 6.45) is 1.33. The van der Waals surface area contributed by atoms with E-state index >= 15 is 0 Å². The summed E-state index contributed by atoms with van der Waals surface area (Å²) in [5.41, 5.74) is -0.175. The Hall–Kier alpha value is -1.32. The predicted molar refractivity (Wildman–Crippen MR) is 70.9 cm³/mol. The van der Waals surface area contributed by atoms with Crippen molar-refractivity contribution in [3.05, 3.63) is 34.7 Å². The van der Waals surface area contributed by atoms with E-state index < -0.39 is 8.16 Å². The van der Waals surface area contributed by atoms with E-state index in [4.69, 9.17) is 4.84 Å². The van der Waals surface area contributed by atoms with Gasteiger partial charge in [0.05, 0.1) is 0 Å². The predicted octanol–water partition coefficient (Wildman–Crippen LogP) is -0.350. The number of aromatic nitrogens is 1. The van der Waals surface area contributed by atoms with Crippen LogP contribution < -0.4 is 15.1 Å². The van der Waals surface area contributed by atoms with E-state index in [0.717, 1.165) is 0 Å². The van der Waals surface area contributed by atoms with Crippen LogP contribution in [-0.4, -0.2) is 49.1 Å². The Morgan fingerprint density at radius 3 is 1.77 bits per heavy atom. The molecule has 12 heteroatoms. The summed E-state index contributed by atoms with van der Waals surface area (Å²) in [5, 5.41) is 0. The topological polar surface area (TPSA) is 37.7 Å². The van der Waals surface area contributed by atoms with E-state index in [9.17, 15) is 25.8 Å². The van der Waals surface area contributed by atoms with Gasteiger partial charge in [-0.3, -0.25) is 14.6 Å². The van der Waals surface area contributed by atoms with Crippen molar-refractivity contribution in [3.63, 3.8) is 0 Å². The summed E-state index contributed by atoms with van der Waals surface area (Å²) in [6.45, 7) is 0. The molecule has 5 nitrogen and oxygen atoms in total. The maximum absolute atomic E-state index is 11.4. The molecule has 1 aromatic heterocycles. The van der Waals surface area contributed by atoms with Crippen molar-refractivity contribution in [3.8, 4) is 0 Å². The summed E-state index contributed by atoms with van der Waals surface area (Å²) < 4.78 is 50.4. The Morgan fingerprint density at radius 1 is 1.05 bits per heavy atom. The molecule has 0 N–H and O–H groups in total. The van der Waals surface area contributed by atoms with Crippen LogP contribution in [0.15, 0.2) is 29.2 Å². The third-order valence-corrected chi connectivity index (χ3v) is 1.88. The molecule has 1 aromatic rings. The van der Waals surface area contributed by atoms with Gasteiger partial charge in [0.15, 0.2) is 0 Å². The van der Waals surface area contributed by atoms with Gasteiger partial charge in [0.2, 0.25) is 6.35 Å². The number of hydrogen-bond acceptors (Lipinski definition) is 4. The molecule has 0 aliphatic rings. The Balaban J connectivity index is 0. The van der Waals surface area contributed by atoms with Crippen LogP contribution in [0.2, 0.25) is 0 Å². The van der Waals surface area contributed by atoms with Crippen LogP contribution in [0, 0.1) is 0 Å². The van der Waals surface area contributed by atoms with Gasteiger partial charge < -0.3 is 9.54 Å². The molecule has 132 valence electrons. The van der Waals surface area contributed by atoms with E-state index in [2.05, 4.69) is 0 Å². The maximum atomic E-state index is 11.4. The van der Waals surface area contributed by atoms with Crippen molar-refractivity contribution in [1.29, 1.82) is 0 Å². The number of pyridine rings is 1. The normalized spacial score (nSPS) is 13.0. The van der Waals surface area contributed by atoms with Crippen LogP contribution in [0.5, 0.6) is 0 Å². The van der Waals surface area contributed by atoms with Crippen molar-refractivity contribution in [1.82, 2.24) is 14.5 Å². The van der Waals surface area contributed by atoms with E-state index in [1.54, 1.807) is 18.3 Å². The van der Waals surface area contributed by atoms with Crippen LogP contribution in [0.1, 0.15) is 0 Å². The van der Waals surface area contributed by atoms with Gasteiger partial charge in [-0.25, -0.2) is 0 Å². The molecule has 0 fully saturated rings. The summed E-state index contributed by atoms with van der Waals surface area (Å²) in [6, 6.07) is 4.90. The quantitative estimate of drug-likeness (QED) is 0.420. The molecule has 0 amide bonds. The average Bonchev–Trinajstić information content (AvgIpc) is 2.23. The fraction of sp³-hybridized carbons (Fsp3) is 0.500. The van der Waals surface area contributed by atoms with Crippen molar-refractivity contribution in [2.75, 3.05) is 28.2 Å². The van der Waals surface area contributed by atoms with Crippen molar-refractivity contribution in [2.24, 2.45) is 0 Å². The molecule has 0 aliphatic carbocycles. The second kappa shape index (κ2) is 8.35. The Morgan fingerprint density at radius 2 is 1.45 bits per heavy atom. The molecule has 0 spiro atoms. The minimum atomic E-state index is -8.55. The van der Waals surface area contributed by atoms with Gasteiger partial charge in [-0.1, -0.05) is 6.07 Å². The second-order valence-corrected chi connectivity index (χ2v) is 5.64. The Kier molecular flexibility index (Phi) is 8.71. The minimum absolute atomic E-state index is 0. The molecule has 0 saturated heterocycles. The Bertz CT molecular complexity index is 478. The van der Waals surface area contributed by atoms with E-state index in [-0.39, 0.29) is 16.6 Å². The molecule has 0 bridgehead atoms. The summed E-state index contributed by atoms with van der Waals surface area (Å²) in [5.74, 6) is 0. The Labute approximate surface area is 123 Å². The summed E-state index contributed by atoms with van der Waals surface area (Å²) in [4.78, 5) is 20.7. The standard InChI is InChI=1S/C10H17N3O2.F5P.FH/c1-11(2)10(12(3)4)15-13-8-6-5-7-9(13)14;1-6(2,3,4)5;/h5-8,10H,1-4H3;;1H/p-1. The number of rotatable bonds is 4. The van der Waals surface area contributed by atoms with Gasteiger partial charge >= 0.3 is 29.1 Å². The first-order chi connectivity index (χ1) is 9.26. The fourth-order valence-corrected chi connectivity index (χ4v) is 1.25. The zero-order valence-corrected chi connectivity index (χ0v) is 13.2. The van der Waals surface area contributed by atoms with Gasteiger partial charge in [-0.05, 0) is 34.3 Å². The molecule has 0 unspecified atom stereocenters. The maximum Gasteiger partial charge on any atom is -1.00 e. The molecule has 1 rings (SSSR count). The molecule has 0 radical (unpaired) electrons. The van der Waals surface area contributed by atoms with E-state index in [1.165, 1.54) is 10.8 Å². The fourth-order valence-electron chi connectivity index (χ4n) is 1.25. The van der Waals surface area contributed by atoms with Crippen LogP contribution in [-0.2, 0) is 0 Å². The SMILES string of the molecule is CN(C)C(On1ccccc1=O)N(C)C.FP(F)(F)(F)F.[F-]. The van der Waals surface area contributed by atoms with Gasteiger partial charge in [0, 0.05) is 12.3 Å². The molecular formula is C10H17F6N3O2P-. The number of hydrogen-bond donors (Lipinski definition) is 0. The molecule has 0 aliphatic heterocycles. The average molecular weight is 356 g/mol.